The molecule has 2 rings (SSSR count). The summed E-state index contributed by atoms with van der Waals surface area (Å²) in [5.74, 6) is 0.750. The first-order valence-electron chi connectivity index (χ1n) is 5.94. The summed E-state index contributed by atoms with van der Waals surface area (Å²) < 4.78 is 10.7. The summed E-state index contributed by atoms with van der Waals surface area (Å²) in [4.78, 5) is 0. The average molecular weight is 238 g/mol. The number of hydrogen-bond donors (Lipinski definition) is 2. The summed E-state index contributed by atoms with van der Waals surface area (Å²) in [6.07, 6.45) is 1.23. The molecule has 0 saturated carbocycles. The lowest BCUT2D eigenvalue weighted by Crippen LogP contribution is -2.31. The van der Waals surface area contributed by atoms with Crippen molar-refractivity contribution in [3.05, 3.63) is 24.3 Å². The Bertz CT molecular complexity index is 347. The quantitative estimate of drug-likeness (QED) is 0.835. The van der Waals surface area contributed by atoms with E-state index < -0.39 is 6.10 Å². The molecule has 1 atom stereocenters. The Labute approximate surface area is 101 Å². The van der Waals surface area contributed by atoms with Gasteiger partial charge in [0.1, 0.15) is 6.61 Å². The molecule has 1 aliphatic rings. The molecule has 1 aliphatic heterocycles. The molecule has 2 N–H and O–H groups in total. The van der Waals surface area contributed by atoms with E-state index in [4.69, 9.17) is 9.47 Å². The van der Waals surface area contributed by atoms with Crippen LogP contribution in [0.3, 0.4) is 0 Å². The largest absolute Gasteiger partial charge is 0.504 e. The maximum Gasteiger partial charge on any atom is 0.161 e. The van der Waals surface area contributed by atoms with Gasteiger partial charge in [-0.05, 0) is 30.9 Å². The monoisotopic (exact) mass is 238 g/mol. The fourth-order valence-corrected chi connectivity index (χ4v) is 1.99. The number of para-hydroxylation sites is 2. The van der Waals surface area contributed by atoms with Crippen molar-refractivity contribution in [2.24, 2.45) is 5.92 Å². The molecule has 94 valence electrons. The van der Waals surface area contributed by atoms with Gasteiger partial charge in [-0.15, -0.1) is 0 Å². The minimum Gasteiger partial charge on any atom is -0.504 e. The number of ether oxygens (including phenoxy) is 2. The van der Waals surface area contributed by atoms with E-state index in [0.717, 1.165) is 12.8 Å². The van der Waals surface area contributed by atoms with Crippen LogP contribution in [0, 0.1) is 5.92 Å². The Kier molecular flexibility index (Phi) is 4.23. The van der Waals surface area contributed by atoms with E-state index >= 15 is 0 Å². The van der Waals surface area contributed by atoms with Crippen molar-refractivity contribution in [3.63, 3.8) is 0 Å². The Hall–Kier alpha value is -1.26. The van der Waals surface area contributed by atoms with Gasteiger partial charge < -0.3 is 19.7 Å². The van der Waals surface area contributed by atoms with Gasteiger partial charge in [-0.2, -0.15) is 0 Å². The summed E-state index contributed by atoms with van der Waals surface area (Å²) >= 11 is 0. The van der Waals surface area contributed by atoms with Crippen LogP contribution < -0.4 is 4.74 Å². The summed E-state index contributed by atoms with van der Waals surface area (Å²) in [6, 6.07) is 6.77. The van der Waals surface area contributed by atoms with Gasteiger partial charge in [-0.3, -0.25) is 0 Å². The minimum atomic E-state index is -0.501. The van der Waals surface area contributed by atoms with Gasteiger partial charge in [0.05, 0.1) is 6.10 Å². The first-order chi connectivity index (χ1) is 8.27. The molecule has 4 nitrogen and oxygen atoms in total. The molecule has 0 aliphatic carbocycles. The van der Waals surface area contributed by atoms with Gasteiger partial charge >= 0.3 is 0 Å². The molecule has 1 aromatic carbocycles. The molecular formula is C13H18O4. The zero-order chi connectivity index (χ0) is 12.1. The lowest BCUT2D eigenvalue weighted by molar-refractivity contribution is -0.0104. The molecule has 1 fully saturated rings. The van der Waals surface area contributed by atoms with Crippen LogP contribution in [0.25, 0.3) is 0 Å². The van der Waals surface area contributed by atoms with Gasteiger partial charge in [-0.1, -0.05) is 12.1 Å². The number of aliphatic hydroxyl groups excluding tert-OH is 1. The highest BCUT2D eigenvalue weighted by Crippen LogP contribution is 2.26. The second-order valence-corrected chi connectivity index (χ2v) is 4.30. The van der Waals surface area contributed by atoms with Crippen LogP contribution >= 0.6 is 0 Å². The summed E-state index contributed by atoms with van der Waals surface area (Å²) in [6.45, 7) is 1.62. The van der Waals surface area contributed by atoms with Crippen molar-refractivity contribution in [2.45, 2.75) is 18.9 Å². The molecule has 0 aromatic heterocycles. The Morgan fingerprint density at radius 3 is 2.71 bits per heavy atom. The summed E-state index contributed by atoms with van der Waals surface area (Å²) in [7, 11) is 0. The second kappa shape index (κ2) is 5.89. The number of phenolic OH excluding ortho intramolecular Hbond substituents is 1. The van der Waals surface area contributed by atoms with Crippen LogP contribution in [0.1, 0.15) is 12.8 Å². The van der Waals surface area contributed by atoms with Gasteiger partial charge in [-0.25, -0.2) is 0 Å². The lowest BCUT2D eigenvalue weighted by atomic mass is 9.94. The Morgan fingerprint density at radius 1 is 1.29 bits per heavy atom. The number of rotatable bonds is 4. The van der Waals surface area contributed by atoms with Crippen LogP contribution in [0.4, 0.5) is 0 Å². The highest BCUT2D eigenvalue weighted by Gasteiger charge is 2.22. The first kappa shape index (κ1) is 12.2. The van der Waals surface area contributed by atoms with Crippen LogP contribution in [0.5, 0.6) is 11.5 Å². The van der Waals surface area contributed by atoms with Crippen LogP contribution in [-0.4, -0.2) is 36.1 Å². The average Bonchev–Trinajstić information content (AvgIpc) is 2.38. The molecular weight excluding hydrogens is 220 g/mol. The molecule has 4 heteroatoms. The number of benzene rings is 1. The van der Waals surface area contributed by atoms with Crippen molar-refractivity contribution in [2.75, 3.05) is 19.8 Å². The molecule has 0 amide bonds. The van der Waals surface area contributed by atoms with E-state index in [0.29, 0.717) is 19.0 Å². The second-order valence-electron chi connectivity index (χ2n) is 4.30. The first-order valence-corrected chi connectivity index (χ1v) is 5.94. The van der Waals surface area contributed by atoms with Crippen molar-refractivity contribution in [1.29, 1.82) is 0 Å². The van der Waals surface area contributed by atoms with Crippen molar-refractivity contribution < 1.29 is 19.7 Å². The standard InChI is InChI=1S/C13H18O4/c14-11-3-1-2-4-13(11)17-9-12(15)10-5-7-16-8-6-10/h1-4,10,12,14-15H,5-9H2. The van der Waals surface area contributed by atoms with Gasteiger partial charge in [0.2, 0.25) is 0 Å². The molecule has 0 bridgehead atoms. The number of aromatic hydroxyl groups is 1. The number of aliphatic hydroxyl groups is 1. The predicted octanol–water partition coefficient (Wildman–Crippen LogP) is 1.56. The Balaban J connectivity index is 1.83. The van der Waals surface area contributed by atoms with Crippen molar-refractivity contribution in [1.82, 2.24) is 0 Å². The van der Waals surface area contributed by atoms with Crippen molar-refractivity contribution >= 4 is 0 Å². The van der Waals surface area contributed by atoms with E-state index in [9.17, 15) is 10.2 Å². The molecule has 0 radical (unpaired) electrons. The van der Waals surface area contributed by atoms with E-state index in [1.807, 2.05) is 0 Å². The fraction of sp³-hybridized carbons (Fsp3) is 0.538. The topological polar surface area (TPSA) is 58.9 Å². The molecule has 0 spiro atoms. The highest BCUT2D eigenvalue weighted by molar-refractivity contribution is 5.37. The zero-order valence-electron chi connectivity index (χ0n) is 9.71. The molecule has 1 saturated heterocycles. The van der Waals surface area contributed by atoms with Crippen LogP contribution in [0.2, 0.25) is 0 Å². The van der Waals surface area contributed by atoms with Crippen LogP contribution in [-0.2, 0) is 4.74 Å². The summed E-state index contributed by atoms with van der Waals surface area (Å²) in [5.41, 5.74) is 0. The van der Waals surface area contributed by atoms with E-state index in [-0.39, 0.29) is 18.3 Å². The van der Waals surface area contributed by atoms with E-state index in [1.54, 1.807) is 24.3 Å². The minimum absolute atomic E-state index is 0.103. The third kappa shape index (κ3) is 3.35. The van der Waals surface area contributed by atoms with Gasteiger partial charge in [0.25, 0.3) is 0 Å². The smallest absolute Gasteiger partial charge is 0.161 e. The van der Waals surface area contributed by atoms with Gasteiger partial charge in [0, 0.05) is 13.2 Å². The maximum absolute atomic E-state index is 9.96. The highest BCUT2D eigenvalue weighted by atomic mass is 16.5. The molecule has 1 unspecified atom stereocenters. The fourth-order valence-electron chi connectivity index (χ4n) is 1.99. The van der Waals surface area contributed by atoms with Crippen LogP contribution in [0.15, 0.2) is 24.3 Å². The van der Waals surface area contributed by atoms with E-state index in [1.165, 1.54) is 0 Å². The number of hydrogen-bond acceptors (Lipinski definition) is 4. The maximum atomic E-state index is 9.96. The van der Waals surface area contributed by atoms with E-state index in [2.05, 4.69) is 0 Å². The van der Waals surface area contributed by atoms with Crippen molar-refractivity contribution in [3.8, 4) is 11.5 Å². The zero-order valence-corrected chi connectivity index (χ0v) is 9.71. The SMILES string of the molecule is Oc1ccccc1OCC(O)C1CCOCC1. The van der Waals surface area contributed by atoms with Gasteiger partial charge in [0.15, 0.2) is 11.5 Å². The number of phenols is 1. The molecule has 1 heterocycles. The lowest BCUT2D eigenvalue weighted by Gasteiger charge is -2.26. The summed E-state index contributed by atoms with van der Waals surface area (Å²) in [5, 5.41) is 19.5. The molecule has 17 heavy (non-hydrogen) atoms. The third-order valence-electron chi connectivity index (χ3n) is 3.08. The Morgan fingerprint density at radius 2 is 2.00 bits per heavy atom. The molecule has 1 aromatic rings. The predicted molar refractivity (Wildman–Crippen MR) is 63.2 cm³/mol. The normalized spacial score (nSPS) is 18.9. The third-order valence-corrected chi connectivity index (χ3v) is 3.08.